The van der Waals surface area contributed by atoms with Crippen molar-refractivity contribution in [2.24, 2.45) is 0 Å². The topological polar surface area (TPSA) is 32.9 Å². The minimum atomic E-state index is -0.146. The molecule has 0 bridgehead atoms. The van der Waals surface area contributed by atoms with Crippen LogP contribution in [0.1, 0.15) is 56.4 Å². The van der Waals surface area contributed by atoms with Gasteiger partial charge in [0.15, 0.2) is 0 Å². The molecule has 0 amide bonds. The lowest BCUT2D eigenvalue weighted by Crippen LogP contribution is -2.17. The molecule has 0 aliphatic rings. The van der Waals surface area contributed by atoms with Gasteiger partial charge in [-0.3, -0.25) is 4.79 Å². The Hall–Kier alpha value is -1.49. The summed E-state index contributed by atoms with van der Waals surface area (Å²) in [5.41, 5.74) is 2.23. The molecule has 0 saturated heterocycles. The quantitative estimate of drug-likeness (QED) is 0.736. The lowest BCUT2D eigenvalue weighted by atomic mass is 9.96. The number of H-pyrrole nitrogens is 1. The van der Waals surface area contributed by atoms with Gasteiger partial charge < -0.3 is 4.98 Å². The van der Waals surface area contributed by atoms with Gasteiger partial charge in [-0.2, -0.15) is 0 Å². The largest absolute Gasteiger partial charge is 0.325 e. The Kier molecular flexibility index (Phi) is 3.36. The molecule has 0 fully saturated rings. The van der Waals surface area contributed by atoms with Gasteiger partial charge in [0.05, 0.1) is 5.56 Å². The molecule has 1 heterocycles. The summed E-state index contributed by atoms with van der Waals surface area (Å²) in [5.74, 6) is 3.05. The first kappa shape index (κ1) is 11.6. The summed E-state index contributed by atoms with van der Waals surface area (Å²) in [6, 6.07) is 2.01. The highest BCUT2D eigenvalue weighted by Crippen LogP contribution is 2.20. The van der Waals surface area contributed by atoms with Crippen LogP contribution in [-0.2, 0) is 0 Å². The van der Waals surface area contributed by atoms with Crippen LogP contribution in [0, 0.1) is 12.3 Å². The van der Waals surface area contributed by atoms with Gasteiger partial charge in [-0.1, -0.05) is 33.6 Å². The molecule has 1 aromatic rings. The maximum Gasteiger partial charge on any atom is 0.264 e. The predicted octanol–water partition coefficient (Wildman–Crippen LogP) is 2.60. The Morgan fingerprint density at radius 1 is 1.27 bits per heavy atom. The molecular weight excluding hydrogens is 186 g/mol. The summed E-state index contributed by atoms with van der Waals surface area (Å²) in [6.07, 6.45) is 5.35. The summed E-state index contributed by atoms with van der Waals surface area (Å²) in [6.45, 7) is 8.18. The highest BCUT2D eigenvalue weighted by atomic mass is 16.1. The first-order chi connectivity index (χ1) is 6.97. The second-order valence-corrected chi connectivity index (χ2v) is 4.34. The molecule has 15 heavy (non-hydrogen) atoms. The van der Waals surface area contributed by atoms with Crippen molar-refractivity contribution in [2.75, 3.05) is 0 Å². The second kappa shape index (κ2) is 4.35. The van der Waals surface area contributed by atoms with Gasteiger partial charge in [-0.15, -0.1) is 6.42 Å². The van der Waals surface area contributed by atoms with Crippen molar-refractivity contribution >= 4 is 0 Å². The van der Waals surface area contributed by atoms with Crippen molar-refractivity contribution in [3.63, 3.8) is 0 Å². The normalized spacial score (nSPS) is 10.7. The van der Waals surface area contributed by atoms with Crippen LogP contribution in [0.2, 0.25) is 0 Å². The fourth-order valence-corrected chi connectivity index (χ4v) is 1.52. The minimum Gasteiger partial charge on any atom is -0.325 e. The first-order valence-electron chi connectivity index (χ1n) is 5.21. The molecule has 0 aliphatic heterocycles. The van der Waals surface area contributed by atoms with Crippen LogP contribution in [0.5, 0.6) is 0 Å². The fourth-order valence-electron chi connectivity index (χ4n) is 1.52. The van der Waals surface area contributed by atoms with Crippen LogP contribution in [0.25, 0.3) is 0 Å². The summed E-state index contributed by atoms with van der Waals surface area (Å²) in [5, 5.41) is 0. The summed E-state index contributed by atoms with van der Waals surface area (Å²) in [4.78, 5) is 14.5. The molecule has 2 heteroatoms. The molecule has 80 valence electrons. The van der Waals surface area contributed by atoms with Gasteiger partial charge in [0.2, 0.25) is 0 Å². The van der Waals surface area contributed by atoms with E-state index in [-0.39, 0.29) is 11.5 Å². The van der Waals surface area contributed by atoms with Crippen LogP contribution in [0.3, 0.4) is 0 Å². The van der Waals surface area contributed by atoms with Crippen LogP contribution in [-0.4, -0.2) is 4.98 Å². The van der Waals surface area contributed by atoms with E-state index in [1.807, 2.05) is 33.8 Å². The monoisotopic (exact) mass is 203 g/mol. The molecule has 1 N–H and O–H groups in total. The number of terminal acetylenes is 1. The molecule has 1 rings (SSSR count). The van der Waals surface area contributed by atoms with Crippen LogP contribution >= 0.6 is 0 Å². The number of nitrogens with one attached hydrogen (secondary N) is 1. The number of aromatic nitrogens is 1. The van der Waals surface area contributed by atoms with E-state index in [0.29, 0.717) is 11.5 Å². The molecule has 0 aromatic carbocycles. The zero-order valence-corrected chi connectivity index (χ0v) is 9.72. The van der Waals surface area contributed by atoms with Crippen molar-refractivity contribution in [1.29, 1.82) is 0 Å². The van der Waals surface area contributed by atoms with Gasteiger partial charge >= 0.3 is 0 Å². The zero-order valence-electron chi connectivity index (χ0n) is 9.72. The van der Waals surface area contributed by atoms with E-state index < -0.39 is 0 Å². The fraction of sp³-hybridized carbons (Fsp3) is 0.462. The van der Waals surface area contributed by atoms with Crippen molar-refractivity contribution in [1.82, 2.24) is 4.98 Å². The van der Waals surface area contributed by atoms with E-state index in [9.17, 15) is 4.79 Å². The van der Waals surface area contributed by atoms with Gasteiger partial charge in [-0.05, 0) is 23.5 Å². The first-order valence-corrected chi connectivity index (χ1v) is 5.21. The maximum absolute atomic E-state index is 11.7. The Labute approximate surface area is 90.7 Å². The molecule has 0 radical (unpaired) electrons. The van der Waals surface area contributed by atoms with Crippen LogP contribution in [0.4, 0.5) is 0 Å². The van der Waals surface area contributed by atoms with E-state index in [1.165, 1.54) is 0 Å². The third kappa shape index (κ3) is 2.30. The summed E-state index contributed by atoms with van der Waals surface area (Å²) < 4.78 is 0. The summed E-state index contributed by atoms with van der Waals surface area (Å²) >= 11 is 0. The molecular formula is C13H17NO. The smallest absolute Gasteiger partial charge is 0.264 e. The van der Waals surface area contributed by atoms with E-state index in [1.54, 1.807) is 0 Å². The van der Waals surface area contributed by atoms with Gasteiger partial charge in [0, 0.05) is 5.69 Å². The maximum atomic E-state index is 11.7. The van der Waals surface area contributed by atoms with Crippen molar-refractivity contribution in [2.45, 2.75) is 39.5 Å². The Morgan fingerprint density at radius 3 is 2.27 bits per heavy atom. The Bertz CT molecular complexity index is 447. The standard InChI is InChI=1S/C13H17NO/c1-6-10-11(8(2)3)7-12(9(4)5)14-13(10)15/h1,7-9H,2-5H3,(H,14,15). The van der Waals surface area contributed by atoms with E-state index in [2.05, 4.69) is 10.9 Å². The van der Waals surface area contributed by atoms with Crippen molar-refractivity contribution in [3.8, 4) is 12.3 Å². The number of hydrogen-bond donors (Lipinski definition) is 1. The third-order valence-electron chi connectivity index (χ3n) is 2.47. The SMILES string of the molecule is C#Cc1c(C(C)C)cc(C(C)C)[nH]c1=O. The van der Waals surface area contributed by atoms with Crippen LogP contribution in [0.15, 0.2) is 10.9 Å². The lowest BCUT2D eigenvalue weighted by molar-refractivity contribution is 0.789. The second-order valence-electron chi connectivity index (χ2n) is 4.34. The number of rotatable bonds is 2. The molecule has 0 atom stereocenters. The number of hydrogen-bond acceptors (Lipinski definition) is 1. The zero-order chi connectivity index (χ0) is 11.6. The van der Waals surface area contributed by atoms with Crippen molar-refractivity contribution < 1.29 is 0 Å². The number of pyridine rings is 1. The van der Waals surface area contributed by atoms with Gasteiger partial charge in [0.1, 0.15) is 0 Å². The molecule has 0 aliphatic carbocycles. The average Bonchev–Trinajstić information content (AvgIpc) is 2.16. The van der Waals surface area contributed by atoms with E-state index in [0.717, 1.165) is 11.3 Å². The molecule has 0 unspecified atom stereocenters. The van der Waals surface area contributed by atoms with Crippen molar-refractivity contribution in [3.05, 3.63) is 33.2 Å². The minimum absolute atomic E-state index is 0.146. The van der Waals surface area contributed by atoms with E-state index >= 15 is 0 Å². The predicted molar refractivity (Wildman–Crippen MR) is 63.2 cm³/mol. The lowest BCUT2D eigenvalue weighted by Gasteiger charge is -2.12. The van der Waals surface area contributed by atoms with Crippen LogP contribution < -0.4 is 5.56 Å². The summed E-state index contributed by atoms with van der Waals surface area (Å²) in [7, 11) is 0. The van der Waals surface area contributed by atoms with Gasteiger partial charge in [0.25, 0.3) is 5.56 Å². The highest BCUT2D eigenvalue weighted by Gasteiger charge is 2.12. The van der Waals surface area contributed by atoms with E-state index in [4.69, 9.17) is 6.42 Å². The molecule has 0 saturated carbocycles. The average molecular weight is 203 g/mol. The third-order valence-corrected chi connectivity index (χ3v) is 2.47. The number of aromatic amines is 1. The molecule has 2 nitrogen and oxygen atoms in total. The highest BCUT2D eigenvalue weighted by molar-refractivity contribution is 5.41. The van der Waals surface area contributed by atoms with Gasteiger partial charge in [-0.25, -0.2) is 0 Å². The Morgan fingerprint density at radius 2 is 1.87 bits per heavy atom. The molecule has 1 aromatic heterocycles. The Balaban J connectivity index is 3.48. The molecule has 0 spiro atoms.